The highest BCUT2D eigenvalue weighted by Gasteiger charge is 2.15. The van der Waals surface area contributed by atoms with E-state index in [0.717, 1.165) is 24.8 Å². The molecule has 0 bridgehead atoms. The van der Waals surface area contributed by atoms with Crippen LogP contribution in [0.5, 0.6) is 5.75 Å². The van der Waals surface area contributed by atoms with E-state index >= 15 is 0 Å². The van der Waals surface area contributed by atoms with Crippen LogP contribution in [0.1, 0.15) is 19.4 Å². The van der Waals surface area contributed by atoms with E-state index in [1.807, 2.05) is 36.0 Å². The zero-order valence-electron chi connectivity index (χ0n) is 13.4. The number of methoxy groups -OCH3 is 1. The molecule has 0 saturated heterocycles. The molecule has 0 aliphatic rings. The van der Waals surface area contributed by atoms with Gasteiger partial charge in [0.15, 0.2) is 5.96 Å². The fraction of sp³-hybridized carbons (Fsp3) is 0.533. The number of nitrogens with one attached hydrogen (secondary N) is 2. The van der Waals surface area contributed by atoms with Crippen molar-refractivity contribution in [2.45, 2.75) is 25.1 Å². The second kappa shape index (κ2) is 10.2. The predicted octanol–water partition coefficient (Wildman–Crippen LogP) is 3.12. The van der Waals surface area contributed by atoms with Gasteiger partial charge in [0.1, 0.15) is 5.75 Å². The van der Waals surface area contributed by atoms with Gasteiger partial charge >= 0.3 is 0 Å². The number of thioether (sulfide) groups is 1. The van der Waals surface area contributed by atoms with Gasteiger partial charge in [-0.15, -0.1) is 24.0 Å². The van der Waals surface area contributed by atoms with E-state index in [4.69, 9.17) is 4.74 Å². The van der Waals surface area contributed by atoms with E-state index in [9.17, 15) is 0 Å². The molecule has 6 heteroatoms. The number of hydrogen-bond donors (Lipinski definition) is 2. The Morgan fingerprint density at radius 1 is 1.24 bits per heavy atom. The highest BCUT2D eigenvalue weighted by molar-refractivity contribution is 14.0. The first-order valence-electron chi connectivity index (χ1n) is 6.63. The Hall–Kier alpha value is -0.630. The van der Waals surface area contributed by atoms with E-state index in [1.165, 1.54) is 5.56 Å². The zero-order chi connectivity index (χ0) is 15.0. The lowest BCUT2D eigenvalue weighted by Gasteiger charge is -2.23. The normalized spacial score (nSPS) is 11.6. The number of guanidine groups is 1. The van der Waals surface area contributed by atoms with E-state index in [-0.39, 0.29) is 28.7 Å². The Morgan fingerprint density at radius 3 is 2.33 bits per heavy atom. The maximum atomic E-state index is 5.15. The summed E-state index contributed by atoms with van der Waals surface area (Å²) in [5.74, 6) is 1.70. The molecule has 0 aliphatic carbocycles. The highest BCUT2D eigenvalue weighted by Crippen LogP contribution is 2.19. The SMILES string of the molecule is CN=C(NCc1ccc(OC)cc1)NCC(C)(C)SC.I. The Kier molecular flexibility index (Phi) is 9.85. The van der Waals surface area contributed by atoms with Crippen LogP contribution in [0.4, 0.5) is 0 Å². The number of rotatable bonds is 6. The van der Waals surface area contributed by atoms with Gasteiger partial charge in [-0.05, 0) is 37.8 Å². The summed E-state index contributed by atoms with van der Waals surface area (Å²) in [6.07, 6.45) is 2.12. The molecule has 1 aromatic rings. The van der Waals surface area contributed by atoms with Crippen molar-refractivity contribution in [3.05, 3.63) is 29.8 Å². The molecule has 120 valence electrons. The van der Waals surface area contributed by atoms with Gasteiger partial charge in [0, 0.05) is 24.9 Å². The minimum Gasteiger partial charge on any atom is -0.497 e. The van der Waals surface area contributed by atoms with Crippen LogP contribution in [-0.2, 0) is 6.54 Å². The van der Waals surface area contributed by atoms with Gasteiger partial charge in [0.2, 0.25) is 0 Å². The average Bonchev–Trinajstić information content (AvgIpc) is 2.48. The molecule has 1 aromatic carbocycles. The second-order valence-electron chi connectivity index (χ2n) is 5.09. The summed E-state index contributed by atoms with van der Waals surface area (Å²) >= 11 is 1.84. The fourth-order valence-corrected chi connectivity index (χ4v) is 1.74. The molecule has 0 atom stereocenters. The maximum absolute atomic E-state index is 5.15. The van der Waals surface area contributed by atoms with Gasteiger partial charge in [-0.2, -0.15) is 11.8 Å². The van der Waals surface area contributed by atoms with Crippen LogP contribution in [-0.4, -0.2) is 37.7 Å². The molecule has 2 N–H and O–H groups in total. The van der Waals surface area contributed by atoms with Gasteiger partial charge in [0.25, 0.3) is 0 Å². The molecule has 0 amide bonds. The highest BCUT2D eigenvalue weighted by atomic mass is 127. The zero-order valence-corrected chi connectivity index (χ0v) is 16.5. The van der Waals surface area contributed by atoms with Gasteiger partial charge < -0.3 is 15.4 Å². The van der Waals surface area contributed by atoms with Crippen molar-refractivity contribution in [3.63, 3.8) is 0 Å². The number of aliphatic imine (C=N–C) groups is 1. The topological polar surface area (TPSA) is 45.7 Å². The van der Waals surface area contributed by atoms with Crippen LogP contribution in [0, 0.1) is 0 Å². The van der Waals surface area contributed by atoms with E-state index in [1.54, 1.807) is 14.2 Å². The first kappa shape index (κ1) is 20.4. The van der Waals surface area contributed by atoms with E-state index in [0.29, 0.717) is 0 Å². The molecule has 21 heavy (non-hydrogen) atoms. The third-order valence-corrected chi connectivity index (χ3v) is 4.33. The first-order valence-corrected chi connectivity index (χ1v) is 7.86. The van der Waals surface area contributed by atoms with Crippen molar-refractivity contribution < 1.29 is 4.74 Å². The number of benzene rings is 1. The molecule has 0 spiro atoms. The number of halogens is 1. The first-order chi connectivity index (χ1) is 9.50. The Morgan fingerprint density at radius 2 is 1.86 bits per heavy atom. The lowest BCUT2D eigenvalue weighted by atomic mass is 10.2. The lowest BCUT2D eigenvalue weighted by molar-refractivity contribution is 0.414. The molecule has 1 rings (SSSR count). The van der Waals surface area contributed by atoms with Crippen molar-refractivity contribution in [1.29, 1.82) is 0 Å². The Bertz CT molecular complexity index is 435. The van der Waals surface area contributed by atoms with Crippen LogP contribution in [0.15, 0.2) is 29.3 Å². The third kappa shape index (κ3) is 7.80. The number of nitrogens with zero attached hydrogens (tertiary/aromatic N) is 1. The van der Waals surface area contributed by atoms with Crippen LogP contribution in [0.25, 0.3) is 0 Å². The van der Waals surface area contributed by atoms with E-state index < -0.39 is 0 Å². The minimum atomic E-state index is 0. The summed E-state index contributed by atoms with van der Waals surface area (Å²) in [5.41, 5.74) is 1.19. The standard InChI is InChI=1S/C15H25N3OS.HI/c1-15(2,20-5)11-18-14(16-3)17-10-12-6-8-13(19-4)9-7-12;/h6-9H,10-11H2,1-5H3,(H2,16,17,18);1H. The largest absolute Gasteiger partial charge is 0.497 e. The van der Waals surface area contributed by atoms with Crippen molar-refractivity contribution in [1.82, 2.24) is 10.6 Å². The van der Waals surface area contributed by atoms with Crippen molar-refractivity contribution >= 4 is 41.7 Å². The number of ether oxygens (including phenoxy) is 1. The quantitative estimate of drug-likeness (QED) is 0.419. The molecule has 0 fully saturated rings. The third-order valence-electron chi connectivity index (χ3n) is 3.08. The number of hydrogen-bond acceptors (Lipinski definition) is 3. The van der Waals surface area contributed by atoms with Crippen molar-refractivity contribution in [2.75, 3.05) is 27.0 Å². The van der Waals surface area contributed by atoms with Gasteiger partial charge in [0.05, 0.1) is 7.11 Å². The van der Waals surface area contributed by atoms with Crippen LogP contribution >= 0.6 is 35.7 Å². The van der Waals surface area contributed by atoms with Crippen LogP contribution in [0.3, 0.4) is 0 Å². The summed E-state index contributed by atoms with van der Waals surface area (Å²) < 4.78 is 5.34. The van der Waals surface area contributed by atoms with Crippen LogP contribution in [0.2, 0.25) is 0 Å². The van der Waals surface area contributed by atoms with Gasteiger partial charge in [-0.3, -0.25) is 4.99 Å². The summed E-state index contributed by atoms with van der Waals surface area (Å²) in [7, 11) is 3.46. The summed E-state index contributed by atoms with van der Waals surface area (Å²) in [6, 6.07) is 8.02. The average molecular weight is 423 g/mol. The molecule has 0 radical (unpaired) electrons. The fourth-order valence-electron chi connectivity index (χ4n) is 1.52. The molecule has 0 heterocycles. The van der Waals surface area contributed by atoms with Crippen LogP contribution < -0.4 is 15.4 Å². The predicted molar refractivity (Wildman–Crippen MR) is 104 cm³/mol. The molecule has 0 saturated carbocycles. The minimum absolute atomic E-state index is 0. The van der Waals surface area contributed by atoms with Gasteiger partial charge in [-0.1, -0.05) is 12.1 Å². The molecular weight excluding hydrogens is 397 g/mol. The monoisotopic (exact) mass is 423 g/mol. The molecule has 0 aromatic heterocycles. The summed E-state index contributed by atoms with van der Waals surface area (Å²) in [6.45, 7) is 6.03. The van der Waals surface area contributed by atoms with Crippen molar-refractivity contribution in [2.24, 2.45) is 4.99 Å². The maximum Gasteiger partial charge on any atom is 0.191 e. The lowest BCUT2D eigenvalue weighted by Crippen LogP contribution is -2.42. The molecule has 4 nitrogen and oxygen atoms in total. The Labute approximate surface area is 149 Å². The van der Waals surface area contributed by atoms with Gasteiger partial charge in [-0.25, -0.2) is 0 Å². The molecular formula is C15H26IN3OS. The molecule has 0 unspecified atom stereocenters. The Balaban J connectivity index is 0.00000400. The van der Waals surface area contributed by atoms with E-state index in [2.05, 4.69) is 35.7 Å². The van der Waals surface area contributed by atoms with Crippen molar-refractivity contribution in [3.8, 4) is 5.75 Å². The molecule has 0 aliphatic heterocycles. The second-order valence-corrected chi connectivity index (χ2v) is 6.60. The smallest absolute Gasteiger partial charge is 0.191 e. The summed E-state index contributed by atoms with van der Waals surface area (Å²) in [5, 5.41) is 6.66. The summed E-state index contributed by atoms with van der Waals surface area (Å²) in [4.78, 5) is 4.23.